The summed E-state index contributed by atoms with van der Waals surface area (Å²) >= 11 is 5.80. The smallest absolute Gasteiger partial charge is 0.168 e. The molecule has 19 heavy (non-hydrogen) atoms. The lowest BCUT2D eigenvalue weighted by Crippen LogP contribution is -2.01. The first-order valence-corrected chi connectivity index (χ1v) is 6.00. The first kappa shape index (κ1) is 13.3. The molecule has 0 bridgehead atoms. The maximum absolute atomic E-state index is 13.8. The van der Waals surface area contributed by atoms with Crippen molar-refractivity contribution in [1.82, 2.24) is 4.98 Å². The third-order valence-corrected chi connectivity index (χ3v) is 3.20. The predicted octanol–water partition coefficient (Wildman–Crippen LogP) is 4.11. The number of hydrogen-bond donors (Lipinski definition) is 1. The molecule has 0 fully saturated rings. The molecule has 5 heteroatoms. The zero-order valence-corrected chi connectivity index (χ0v) is 11.2. The minimum absolute atomic E-state index is 0.0118. The molecule has 1 aromatic heterocycles. The standard InChI is InChI=1S/C14H11ClFN3/c1-8-4-3-5-12(9(8)2)18-14-11(16)6-10(7-17)13(15)19-14/h3-6H,1-2H3,(H,18,19). The van der Waals surface area contributed by atoms with Crippen LogP contribution < -0.4 is 5.32 Å². The number of rotatable bonds is 2. The molecule has 1 heterocycles. The summed E-state index contributed by atoms with van der Waals surface area (Å²) in [4.78, 5) is 3.87. The number of aromatic nitrogens is 1. The molecule has 0 aliphatic carbocycles. The highest BCUT2D eigenvalue weighted by atomic mass is 35.5. The zero-order chi connectivity index (χ0) is 14.0. The topological polar surface area (TPSA) is 48.7 Å². The summed E-state index contributed by atoms with van der Waals surface area (Å²) in [6.45, 7) is 3.90. The molecule has 0 amide bonds. The van der Waals surface area contributed by atoms with Gasteiger partial charge in [0.1, 0.15) is 11.2 Å². The van der Waals surface area contributed by atoms with Crippen LogP contribution >= 0.6 is 11.6 Å². The molecule has 0 saturated heterocycles. The minimum atomic E-state index is -0.609. The van der Waals surface area contributed by atoms with Crippen LogP contribution in [0.2, 0.25) is 5.15 Å². The summed E-state index contributed by atoms with van der Waals surface area (Å²) in [5, 5.41) is 11.6. The Kier molecular flexibility index (Phi) is 3.68. The van der Waals surface area contributed by atoms with Gasteiger partial charge in [0, 0.05) is 5.69 Å². The van der Waals surface area contributed by atoms with Crippen molar-refractivity contribution in [3.05, 3.63) is 51.9 Å². The van der Waals surface area contributed by atoms with E-state index in [1.165, 1.54) is 0 Å². The lowest BCUT2D eigenvalue weighted by Gasteiger charge is -2.11. The highest BCUT2D eigenvalue weighted by Crippen LogP contribution is 2.25. The third kappa shape index (κ3) is 2.67. The van der Waals surface area contributed by atoms with Crippen molar-refractivity contribution in [3.8, 4) is 6.07 Å². The molecular formula is C14H11ClFN3. The Morgan fingerprint density at radius 3 is 2.79 bits per heavy atom. The molecule has 96 valence electrons. The van der Waals surface area contributed by atoms with Gasteiger partial charge in [-0.2, -0.15) is 5.26 Å². The van der Waals surface area contributed by atoms with E-state index in [1.54, 1.807) is 6.07 Å². The summed E-state index contributed by atoms with van der Waals surface area (Å²) in [7, 11) is 0. The van der Waals surface area contributed by atoms with Crippen molar-refractivity contribution in [2.75, 3.05) is 5.32 Å². The van der Waals surface area contributed by atoms with Gasteiger partial charge in [-0.1, -0.05) is 23.7 Å². The number of aryl methyl sites for hydroxylation is 1. The number of benzene rings is 1. The Bertz CT molecular complexity index is 677. The Morgan fingerprint density at radius 1 is 1.37 bits per heavy atom. The maximum Gasteiger partial charge on any atom is 0.168 e. The molecule has 3 nitrogen and oxygen atoms in total. The Balaban J connectivity index is 2.42. The second kappa shape index (κ2) is 5.25. The number of halogens is 2. The fraction of sp³-hybridized carbons (Fsp3) is 0.143. The van der Waals surface area contributed by atoms with Crippen LogP contribution in [0, 0.1) is 31.0 Å². The number of nitrogens with zero attached hydrogens (tertiary/aromatic N) is 2. The second-order valence-electron chi connectivity index (χ2n) is 4.14. The van der Waals surface area contributed by atoms with Gasteiger partial charge >= 0.3 is 0 Å². The third-order valence-electron chi connectivity index (χ3n) is 2.91. The predicted molar refractivity (Wildman–Crippen MR) is 73.1 cm³/mol. The molecule has 2 aromatic rings. The molecule has 0 spiro atoms. The quantitative estimate of drug-likeness (QED) is 0.839. The molecule has 1 aromatic carbocycles. The van der Waals surface area contributed by atoms with E-state index in [0.717, 1.165) is 22.9 Å². The van der Waals surface area contributed by atoms with E-state index >= 15 is 0 Å². The monoisotopic (exact) mass is 275 g/mol. The van der Waals surface area contributed by atoms with Crippen LogP contribution in [0.4, 0.5) is 15.9 Å². The number of anilines is 2. The fourth-order valence-electron chi connectivity index (χ4n) is 1.65. The first-order chi connectivity index (χ1) is 9.02. The molecule has 0 aliphatic rings. The zero-order valence-electron chi connectivity index (χ0n) is 10.5. The molecule has 0 saturated carbocycles. The molecule has 0 aliphatic heterocycles. The largest absolute Gasteiger partial charge is 0.338 e. The minimum Gasteiger partial charge on any atom is -0.338 e. The highest BCUT2D eigenvalue weighted by molar-refractivity contribution is 6.30. The van der Waals surface area contributed by atoms with Crippen LogP contribution in [-0.4, -0.2) is 4.98 Å². The van der Waals surface area contributed by atoms with E-state index in [1.807, 2.05) is 32.0 Å². The number of pyridine rings is 1. The average molecular weight is 276 g/mol. The van der Waals surface area contributed by atoms with E-state index in [-0.39, 0.29) is 16.5 Å². The SMILES string of the molecule is Cc1cccc(Nc2nc(Cl)c(C#N)cc2F)c1C. The average Bonchev–Trinajstić information content (AvgIpc) is 2.38. The summed E-state index contributed by atoms with van der Waals surface area (Å²) < 4.78 is 13.8. The first-order valence-electron chi connectivity index (χ1n) is 5.62. The molecule has 0 radical (unpaired) electrons. The number of nitrogens with one attached hydrogen (secondary N) is 1. The van der Waals surface area contributed by atoms with Crippen molar-refractivity contribution in [1.29, 1.82) is 5.26 Å². The molecular weight excluding hydrogens is 265 g/mol. The lowest BCUT2D eigenvalue weighted by atomic mass is 10.1. The highest BCUT2D eigenvalue weighted by Gasteiger charge is 2.11. The molecule has 0 atom stereocenters. The van der Waals surface area contributed by atoms with Gasteiger partial charge in [-0.05, 0) is 37.1 Å². The van der Waals surface area contributed by atoms with Gasteiger partial charge in [-0.25, -0.2) is 9.37 Å². The Morgan fingerprint density at radius 2 is 2.11 bits per heavy atom. The Labute approximate surface area is 115 Å². The lowest BCUT2D eigenvalue weighted by molar-refractivity contribution is 0.626. The van der Waals surface area contributed by atoms with Gasteiger partial charge in [-0.15, -0.1) is 0 Å². The van der Waals surface area contributed by atoms with Crippen LogP contribution in [0.25, 0.3) is 0 Å². The van der Waals surface area contributed by atoms with Gasteiger partial charge in [0.05, 0.1) is 5.56 Å². The van der Waals surface area contributed by atoms with Crippen molar-refractivity contribution >= 4 is 23.1 Å². The van der Waals surface area contributed by atoms with Crippen LogP contribution in [0.15, 0.2) is 24.3 Å². The summed E-state index contributed by atoms with van der Waals surface area (Å²) in [5.41, 5.74) is 2.87. The van der Waals surface area contributed by atoms with Crippen LogP contribution in [0.1, 0.15) is 16.7 Å². The summed E-state index contributed by atoms with van der Waals surface area (Å²) in [6, 6.07) is 8.52. The summed E-state index contributed by atoms with van der Waals surface area (Å²) in [5.74, 6) is -0.598. The van der Waals surface area contributed by atoms with E-state index < -0.39 is 5.82 Å². The van der Waals surface area contributed by atoms with Crippen LogP contribution in [-0.2, 0) is 0 Å². The van der Waals surface area contributed by atoms with Gasteiger partial charge in [0.2, 0.25) is 0 Å². The van der Waals surface area contributed by atoms with Crippen molar-refractivity contribution < 1.29 is 4.39 Å². The van der Waals surface area contributed by atoms with Crippen molar-refractivity contribution in [2.45, 2.75) is 13.8 Å². The molecule has 0 unspecified atom stereocenters. The number of hydrogen-bond acceptors (Lipinski definition) is 3. The van der Waals surface area contributed by atoms with Crippen LogP contribution in [0.5, 0.6) is 0 Å². The van der Waals surface area contributed by atoms with Gasteiger partial charge in [0.25, 0.3) is 0 Å². The summed E-state index contributed by atoms with van der Waals surface area (Å²) in [6.07, 6.45) is 0. The second-order valence-corrected chi connectivity index (χ2v) is 4.50. The maximum atomic E-state index is 13.8. The van der Waals surface area contributed by atoms with Gasteiger partial charge in [0.15, 0.2) is 11.6 Å². The molecule has 1 N–H and O–H groups in total. The van der Waals surface area contributed by atoms with E-state index in [9.17, 15) is 4.39 Å². The fourth-order valence-corrected chi connectivity index (χ4v) is 1.83. The molecule has 2 rings (SSSR count). The Hall–Kier alpha value is -2.12. The van der Waals surface area contributed by atoms with Crippen LogP contribution in [0.3, 0.4) is 0 Å². The van der Waals surface area contributed by atoms with Crippen molar-refractivity contribution in [3.63, 3.8) is 0 Å². The number of nitriles is 1. The van der Waals surface area contributed by atoms with Crippen molar-refractivity contribution in [2.24, 2.45) is 0 Å². The van der Waals surface area contributed by atoms with E-state index in [2.05, 4.69) is 10.3 Å². The van der Waals surface area contributed by atoms with E-state index in [0.29, 0.717) is 0 Å². The van der Waals surface area contributed by atoms with E-state index in [4.69, 9.17) is 16.9 Å². The normalized spacial score (nSPS) is 10.1. The van der Waals surface area contributed by atoms with Gasteiger partial charge < -0.3 is 5.32 Å². The van der Waals surface area contributed by atoms with Gasteiger partial charge in [-0.3, -0.25) is 0 Å².